The highest BCUT2D eigenvalue weighted by Crippen LogP contribution is 2.34. The third-order valence-electron chi connectivity index (χ3n) is 4.88. The van der Waals surface area contributed by atoms with Crippen LogP contribution >= 0.6 is 0 Å². The maximum atomic E-state index is 13.2. The van der Waals surface area contributed by atoms with Crippen molar-refractivity contribution in [1.29, 1.82) is 0 Å². The van der Waals surface area contributed by atoms with Gasteiger partial charge in [-0.2, -0.15) is 0 Å². The highest BCUT2D eigenvalue weighted by atomic mass is 32.2. The molecule has 0 unspecified atom stereocenters. The number of carbonyl (C=O) groups is 2. The number of rotatable bonds is 5. The van der Waals surface area contributed by atoms with Gasteiger partial charge in [-0.15, -0.1) is 0 Å². The second-order valence-corrected chi connectivity index (χ2v) is 8.82. The van der Waals surface area contributed by atoms with Crippen LogP contribution in [0.3, 0.4) is 0 Å². The molecule has 0 amide bonds. The lowest BCUT2D eigenvalue weighted by molar-refractivity contribution is 0.0603. The molecular weight excluding hydrogens is 424 g/mol. The van der Waals surface area contributed by atoms with Gasteiger partial charge in [0, 0.05) is 17.6 Å². The first-order chi connectivity index (χ1) is 14.8. The Labute approximate surface area is 178 Å². The summed E-state index contributed by atoms with van der Waals surface area (Å²) in [6.45, 7) is 0.279. The van der Waals surface area contributed by atoms with Gasteiger partial charge >= 0.3 is 5.97 Å². The average Bonchev–Trinajstić information content (AvgIpc) is 3.15. The van der Waals surface area contributed by atoms with Crippen LogP contribution < -0.4 is 13.8 Å². The number of hydrogen-bond donors (Lipinski definition) is 0. The van der Waals surface area contributed by atoms with E-state index in [0.717, 1.165) is 10.6 Å². The Kier molecular flexibility index (Phi) is 5.32. The van der Waals surface area contributed by atoms with E-state index in [9.17, 15) is 18.0 Å². The minimum Gasteiger partial charge on any atom is -0.486 e. The fourth-order valence-electron chi connectivity index (χ4n) is 3.44. The maximum Gasteiger partial charge on any atom is 0.340 e. The van der Waals surface area contributed by atoms with Gasteiger partial charge < -0.3 is 14.2 Å². The number of para-hydroxylation sites is 1. The van der Waals surface area contributed by atoms with Crippen LogP contribution in [0.1, 0.15) is 15.2 Å². The highest BCUT2D eigenvalue weighted by Gasteiger charge is 2.26. The quantitative estimate of drug-likeness (QED) is 0.556. The zero-order valence-corrected chi connectivity index (χ0v) is 17.7. The van der Waals surface area contributed by atoms with Crippen molar-refractivity contribution in [2.45, 2.75) is 0 Å². The molecule has 3 aromatic rings. The molecule has 1 aliphatic heterocycles. The Bertz CT molecular complexity index is 1280. The van der Waals surface area contributed by atoms with Gasteiger partial charge in [-0.05, 0) is 18.2 Å². The molecule has 0 atom stereocenters. The Morgan fingerprint density at radius 1 is 1.10 bits per heavy atom. The van der Waals surface area contributed by atoms with E-state index >= 15 is 0 Å². The average molecular weight is 444 g/mol. The molecular formula is C21H20N2O7S. The van der Waals surface area contributed by atoms with Crippen LogP contribution in [0.5, 0.6) is 11.5 Å². The number of fused-ring (bicyclic) bond motifs is 2. The summed E-state index contributed by atoms with van der Waals surface area (Å²) in [4.78, 5) is 25.3. The largest absolute Gasteiger partial charge is 0.486 e. The summed E-state index contributed by atoms with van der Waals surface area (Å²) in [5, 5.41) is 0.535. The van der Waals surface area contributed by atoms with Crippen LogP contribution in [-0.2, 0) is 14.8 Å². The highest BCUT2D eigenvalue weighted by molar-refractivity contribution is 7.92. The minimum absolute atomic E-state index is 0.219. The van der Waals surface area contributed by atoms with Gasteiger partial charge in [0.15, 0.2) is 11.5 Å². The second-order valence-electron chi connectivity index (χ2n) is 6.91. The smallest absolute Gasteiger partial charge is 0.340 e. The lowest BCUT2D eigenvalue weighted by Crippen LogP contribution is -2.37. The lowest BCUT2D eigenvalue weighted by Gasteiger charge is -2.24. The van der Waals surface area contributed by atoms with Gasteiger partial charge in [0.1, 0.15) is 19.8 Å². The first-order valence-corrected chi connectivity index (χ1v) is 11.2. The van der Waals surface area contributed by atoms with E-state index in [2.05, 4.69) is 0 Å². The van der Waals surface area contributed by atoms with Gasteiger partial charge in [0.2, 0.25) is 10.0 Å². The van der Waals surface area contributed by atoms with Crippen molar-refractivity contribution in [2.75, 3.05) is 37.4 Å². The molecule has 0 aliphatic carbocycles. The standard InChI is InChI=1S/C21H20N2O7S/c1-28-21(25)16-12-22(17-6-4-3-5-15(16)17)20(24)13-23(31(2,26)27)14-7-8-18-19(11-14)30-10-9-29-18/h3-8,11-12H,9-10,13H2,1-2H3. The van der Waals surface area contributed by atoms with E-state index in [4.69, 9.17) is 14.2 Å². The van der Waals surface area contributed by atoms with Crippen LogP contribution in [0.25, 0.3) is 10.9 Å². The first kappa shape index (κ1) is 20.7. The van der Waals surface area contributed by atoms with Crippen LogP contribution in [0.2, 0.25) is 0 Å². The summed E-state index contributed by atoms with van der Waals surface area (Å²) >= 11 is 0. The molecule has 0 saturated carbocycles. The topological polar surface area (TPSA) is 104 Å². The molecule has 2 aromatic carbocycles. The number of hydrogen-bond acceptors (Lipinski definition) is 7. The predicted octanol–water partition coefficient (Wildman–Crippen LogP) is 2.31. The molecule has 0 N–H and O–H groups in total. The SMILES string of the molecule is COC(=O)c1cn(C(=O)CN(c2ccc3c(c2)OCCO3)S(C)(=O)=O)c2ccccc12. The summed E-state index contributed by atoms with van der Waals surface area (Å²) in [5.41, 5.74) is 0.963. The van der Waals surface area contributed by atoms with E-state index in [1.807, 2.05) is 0 Å². The Morgan fingerprint density at radius 2 is 1.81 bits per heavy atom. The van der Waals surface area contributed by atoms with Crippen molar-refractivity contribution >= 4 is 38.5 Å². The van der Waals surface area contributed by atoms with E-state index in [1.54, 1.807) is 36.4 Å². The molecule has 1 aliphatic rings. The number of aromatic nitrogens is 1. The zero-order chi connectivity index (χ0) is 22.2. The van der Waals surface area contributed by atoms with Crippen molar-refractivity contribution in [3.8, 4) is 11.5 Å². The predicted molar refractivity (Wildman–Crippen MR) is 114 cm³/mol. The van der Waals surface area contributed by atoms with Crippen LogP contribution in [0.4, 0.5) is 5.69 Å². The summed E-state index contributed by atoms with van der Waals surface area (Å²) < 4.78 is 43.1. The number of nitrogens with zero attached hydrogens (tertiary/aromatic N) is 2. The summed E-state index contributed by atoms with van der Waals surface area (Å²) in [6.07, 6.45) is 2.38. The van der Waals surface area contributed by atoms with Crippen molar-refractivity contribution in [2.24, 2.45) is 0 Å². The lowest BCUT2D eigenvalue weighted by atomic mass is 10.2. The third kappa shape index (κ3) is 3.93. The molecule has 2 heterocycles. The van der Waals surface area contributed by atoms with Crippen molar-refractivity contribution < 1.29 is 32.2 Å². The van der Waals surface area contributed by atoms with Crippen LogP contribution in [-0.4, -0.2) is 58.0 Å². The van der Waals surface area contributed by atoms with Gasteiger partial charge in [-0.25, -0.2) is 13.2 Å². The second kappa shape index (κ2) is 7.95. The van der Waals surface area contributed by atoms with Gasteiger partial charge in [0.05, 0.1) is 30.1 Å². The fraction of sp³-hybridized carbons (Fsp3) is 0.238. The van der Waals surface area contributed by atoms with Crippen molar-refractivity contribution in [1.82, 2.24) is 4.57 Å². The molecule has 0 spiro atoms. The molecule has 0 saturated heterocycles. The first-order valence-electron chi connectivity index (χ1n) is 9.38. The van der Waals surface area contributed by atoms with Gasteiger partial charge in [-0.3, -0.25) is 13.7 Å². The molecule has 162 valence electrons. The molecule has 1 aromatic heterocycles. The van der Waals surface area contributed by atoms with E-state index in [-0.39, 0.29) is 11.3 Å². The van der Waals surface area contributed by atoms with E-state index < -0.39 is 28.4 Å². The monoisotopic (exact) mass is 444 g/mol. The molecule has 0 bridgehead atoms. The summed E-state index contributed by atoms with van der Waals surface area (Å²) in [6, 6.07) is 11.5. The number of esters is 1. The van der Waals surface area contributed by atoms with Gasteiger partial charge in [-0.1, -0.05) is 18.2 Å². The van der Waals surface area contributed by atoms with Crippen LogP contribution in [0.15, 0.2) is 48.7 Å². The number of ether oxygens (including phenoxy) is 3. The zero-order valence-electron chi connectivity index (χ0n) is 16.9. The summed E-state index contributed by atoms with van der Waals surface area (Å²) in [5.74, 6) is -0.209. The minimum atomic E-state index is -3.80. The third-order valence-corrected chi connectivity index (χ3v) is 6.02. The normalized spacial score (nSPS) is 13.1. The fourth-order valence-corrected chi connectivity index (χ4v) is 4.29. The van der Waals surface area contributed by atoms with Crippen LogP contribution in [0, 0.1) is 0 Å². The Hall–Kier alpha value is -3.53. The Balaban J connectivity index is 1.72. The van der Waals surface area contributed by atoms with E-state index in [0.29, 0.717) is 35.6 Å². The molecule has 31 heavy (non-hydrogen) atoms. The number of anilines is 1. The number of methoxy groups -OCH3 is 1. The molecule has 4 rings (SSSR count). The Morgan fingerprint density at radius 3 is 2.52 bits per heavy atom. The molecule has 10 heteroatoms. The van der Waals surface area contributed by atoms with Crippen molar-refractivity contribution in [3.05, 3.63) is 54.2 Å². The molecule has 0 fully saturated rings. The molecule has 0 radical (unpaired) electrons. The maximum absolute atomic E-state index is 13.2. The van der Waals surface area contributed by atoms with Gasteiger partial charge in [0.25, 0.3) is 5.91 Å². The van der Waals surface area contributed by atoms with Crippen molar-refractivity contribution in [3.63, 3.8) is 0 Å². The molecule has 9 nitrogen and oxygen atoms in total. The number of carbonyl (C=O) groups excluding carboxylic acids is 2. The van der Waals surface area contributed by atoms with E-state index in [1.165, 1.54) is 23.9 Å². The summed E-state index contributed by atoms with van der Waals surface area (Å²) in [7, 11) is -2.55. The number of sulfonamides is 1. The number of benzene rings is 2.